The molecule has 0 unspecified atom stereocenters. The summed E-state index contributed by atoms with van der Waals surface area (Å²) in [6.45, 7) is 2.44. The van der Waals surface area contributed by atoms with E-state index in [0.29, 0.717) is 26.3 Å². The largest absolute Gasteiger partial charge is 0.486 e. The Labute approximate surface area is 148 Å². The minimum atomic E-state index is -0.120. The maximum absolute atomic E-state index is 11.8. The molecule has 0 aromatic heterocycles. The van der Waals surface area contributed by atoms with Crippen molar-refractivity contribution in [2.45, 2.75) is 19.3 Å². The van der Waals surface area contributed by atoms with Crippen molar-refractivity contribution in [2.24, 2.45) is 0 Å². The molecule has 0 fully saturated rings. The van der Waals surface area contributed by atoms with Gasteiger partial charge < -0.3 is 20.1 Å². The van der Waals surface area contributed by atoms with Crippen LogP contribution in [0, 0.1) is 0 Å². The summed E-state index contributed by atoms with van der Waals surface area (Å²) < 4.78 is 11.1. The summed E-state index contributed by atoms with van der Waals surface area (Å²) in [5.74, 6) is 1.58. The Balaban J connectivity index is 1.31. The van der Waals surface area contributed by atoms with E-state index in [1.807, 2.05) is 36.4 Å². The molecule has 5 nitrogen and oxygen atoms in total. The quantitative estimate of drug-likeness (QED) is 0.762. The van der Waals surface area contributed by atoms with E-state index in [0.717, 1.165) is 36.3 Å². The number of carbonyl (C=O) groups excluding carboxylic acids is 1. The lowest BCUT2D eigenvalue weighted by molar-refractivity contribution is 0.171. The fourth-order valence-electron chi connectivity index (χ4n) is 2.77. The predicted octanol–water partition coefficient (Wildman–Crippen LogP) is 2.93. The zero-order valence-corrected chi connectivity index (χ0v) is 14.3. The van der Waals surface area contributed by atoms with Crippen LogP contribution in [-0.4, -0.2) is 32.3 Å². The highest BCUT2D eigenvalue weighted by atomic mass is 16.6. The number of hydrogen-bond acceptors (Lipinski definition) is 3. The van der Waals surface area contributed by atoms with E-state index in [1.54, 1.807) is 0 Å². The SMILES string of the molecule is O=C(NCCCc1ccccc1)NCCc1ccc2c(c1)OCCO2. The number of rotatable bonds is 7. The minimum absolute atomic E-state index is 0.120. The van der Waals surface area contributed by atoms with Crippen LogP contribution < -0.4 is 20.1 Å². The first-order valence-corrected chi connectivity index (χ1v) is 8.75. The van der Waals surface area contributed by atoms with Gasteiger partial charge in [-0.05, 0) is 42.5 Å². The van der Waals surface area contributed by atoms with Crippen LogP contribution in [0.25, 0.3) is 0 Å². The van der Waals surface area contributed by atoms with E-state index in [4.69, 9.17) is 9.47 Å². The molecule has 1 aliphatic rings. The highest BCUT2D eigenvalue weighted by Gasteiger charge is 2.11. The molecule has 2 aromatic carbocycles. The standard InChI is InChI=1S/C20H24N2O3/c23-20(21-11-4-7-16-5-2-1-3-6-16)22-12-10-17-8-9-18-19(15-17)25-14-13-24-18/h1-3,5-6,8-9,15H,4,7,10-14H2,(H2,21,22,23). The van der Waals surface area contributed by atoms with E-state index in [1.165, 1.54) is 5.56 Å². The normalized spacial score (nSPS) is 12.5. The summed E-state index contributed by atoms with van der Waals surface area (Å²) in [7, 11) is 0. The molecule has 0 saturated carbocycles. The summed E-state index contributed by atoms with van der Waals surface area (Å²) in [6.07, 6.45) is 2.66. The van der Waals surface area contributed by atoms with E-state index >= 15 is 0 Å². The molecular weight excluding hydrogens is 316 g/mol. The van der Waals surface area contributed by atoms with Crippen molar-refractivity contribution >= 4 is 6.03 Å². The maximum atomic E-state index is 11.8. The molecular formula is C20H24N2O3. The van der Waals surface area contributed by atoms with E-state index in [2.05, 4.69) is 22.8 Å². The number of nitrogens with one attached hydrogen (secondary N) is 2. The fourth-order valence-corrected chi connectivity index (χ4v) is 2.77. The molecule has 2 amide bonds. The number of hydrogen-bond donors (Lipinski definition) is 2. The minimum Gasteiger partial charge on any atom is -0.486 e. The molecule has 2 N–H and O–H groups in total. The number of urea groups is 1. The van der Waals surface area contributed by atoms with Crippen LogP contribution in [0.5, 0.6) is 11.5 Å². The second-order valence-electron chi connectivity index (χ2n) is 6.00. The maximum Gasteiger partial charge on any atom is 0.314 e. The number of ether oxygens (including phenoxy) is 2. The number of amides is 2. The van der Waals surface area contributed by atoms with Crippen molar-refractivity contribution in [1.29, 1.82) is 0 Å². The Hall–Kier alpha value is -2.69. The third kappa shape index (κ3) is 5.41. The van der Waals surface area contributed by atoms with Gasteiger partial charge in [-0.15, -0.1) is 0 Å². The van der Waals surface area contributed by atoms with Crippen LogP contribution in [-0.2, 0) is 12.8 Å². The van der Waals surface area contributed by atoms with Crippen LogP contribution in [0.4, 0.5) is 4.79 Å². The molecule has 0 bridgehead atoms. The third-order valence-corrected chi connectivity index (χ3v) is 4.08. The number of aryl methyl sites for hydroxylation is 1. The molecule has 0 aliphatic carbocycles. The fraction of sp³-hybridized carbons (Fsp3) is 0.350. The smallest absolute Gasteiger partial charge is 0.314 e. The van der Waals surface area contributed by atoms with Gasteiger partial charge in [0, 0.05) is 13.1 Å². The van der Waals surface area contributed by atoms with Gasteiger partial charge in [-0.25, -0.2) is 4.79 Å². The van der Waals surface area contributed by atoms with Crippen LogP contribution in [0.2, 0.25) is 0 Å². The first kappa shape index (κ1) is 17.1. The first-order chi connectivity index (χ1) is 12.3. The van der Waals surface area contributed by atoms with Gasteiger partial charge in [0.2, 0.25) is 0 Å². The monoisotopic (exact) mass is 340 g/mol. The zero-order valence-electron chi connectivity index (χ0n) is 14.3. The average molecular weight is 340 g/mol. The Kier molecular flexibility index (Phi) is 6.15. The molecule has 25 heavy (non-hydrogen) atoms. The summed E-state index contributed by atoms with van der Waals surface area (Å²) in [4.78, 5) is 11.8. The summed E-state index contributed by atoms with van der Waals surface area (Å²) >= 11 is 0. The van der Waals surface area contributed by atoms with Crippen molar-refractivity contribution in [3.63, 3.8) is 0 Å². The molecule has 0 radical (unpaired) electrons. The Bertz CT molecular complexity index is 689. The number of carbonyl (C=O) groups is 1. The van der Waals surface area contributed by atoms with Crippen molar-refractivity contribution in [3.8, 4) is 11.5 Å². The van der Waals surface area contributed by atoms with E-state index in [-0.39, 0.29) is 6.03 Å². The van der Waals surface area contributed by atoms with Gasteiger partial charge in [0.1, 0.15) is 13.2 Å². The number of benzene rings is 2. The number of fused-ring (bicyclic) bond motifs is 1. The molecule has 132 valence electrons. The summed E-state index contributed by atoms with van der Waals surface area (Å²) in [5.41, 5.74) is 2.41. The molecule has 5 heteroatoms. The van der Waals surface area contributed by atoms with Crippen LogP contribution in [0.3, 0.4) is 0 Å². The lowest BCUT2D eigenvalue weighted by atomic mass is 10.1. The highest BCUT2D eigenvalue weighted by molar-refractivity contribution is 5.73. The Morgan fingerprint density at radius 1 is 0.840 bits per heavy atom. The Morgan fingerprint density at radius 3 is 2.44 bits per heavy atom. The van der Waals surface area contributed by atoms with Crippen LogP contribution >= 0.6 is 0 Å². The highest BCUT2D eigenvalue weighted by Crippen LogP contribution is 2.30. The third-order valence-electron chi connectivity index (χ3n) is 4.08. The average Bonchev–Trinajstić information content (AvgIpc) is 2.66. The molecule has 2 aromatic rings. The summed E-state index contributed by atoms with van der Waals surface area (Å²) in [5, 5.41) is 5.78. The van der Waals surface area contributed by atoms with Gasteiger partial charge in [0.05, 0.1) is 0 Å². The van der Waals surface area contributed by atoms with E-state index in [9.17, 15) is 4.79 Å². The van der Waals surface area contributed by atoms with Crippen LogP contribution in [0.15, 0.2) is 48.5 Å². The molecule has 0 spiro atoms. The molecule has 0 saturated heterocycles. The molecule has 1 aliphatic heterocycles. The lowest BCUT2D eigenvalue weighted by Gasteiger charge is -2.18. The lowest BCUT2D eigenvalue weighted by Crippen LogP contribution is -2.37. The Morgan fingerprint density at radius 2 is 1.60 bits per heavy atom. The molecule has 1 heterocycles. The second-order valence-corrected chi connectivity index (χ2v) is 6.00. The second kappa shape index (κ2) is 8.97. The van der Waals surface area contributed by atoms with Gasteiger partial charge in [-0.3, -0.25) is 0 Å². The van der Waals surface area contributed by atoms with Crippen LogP contribution in [0.1, 0.15) is 17.5 Å². The van der Waals surface area contributed by atoms with Gasteiger partial charge in [-0.2, -0.15) is 0 Å². The van der Waals surface area contributed by atoms with Gasteiger partial charge in [-0.1, -0.05) is 36.4 Å². The van der Waals surface area contributed by atoms with E-state index < -0.39 is 0 Å². The molecule has 3 rings (SSSR count). The topological polar surface area (TPSA) is 59.6 Å². The van der Waals surface area contributed by atoms with Crippen molar-refractivity contribution in [2.75, 3.05) is 26.3 Å². The van der Waals surface area contributed by atoms with Crippen molar-refractivity contribution < 1.29 is 14.3 Å². The van der Waals surface area contributed by atoms with Gasteiger partial charge in [0.25, 0.3) is 0 Å². The molecule has 0 atom stereocenters. The first-order valence-electron chi connectivity index (χ1n) is 8.75. The van der Waals surface area contributed by atoms with Crippen molar-refractivity contribution in [1.82, 2.24) is 10.6 Å². The van der Waals surface area contributed by atoms with Gasteiger partial charge in [0.15, 0.2) is 11.5 Å². The zero-order chi connectivity index (χ0) is 17.3. The predicted molar refractivity (Wildman–Crippen MR) is 97.3 cm³/mol. The van der Waals surface area contributed by atoms with Gasteiger partial charge >= 0.3 is 6.03 Å². The summed E-state index contributed by atoms with van der Waals surface area (Å²) in [6, 6.07) is 16.1. The van der Waals surface area contributed by atoms with Crippen molar-refractivity contribution in [3.05, 3.63) is 59.7 Å².